The molecule has 0 aliphatic carbocycles. The number of nitrogens with zero attached hydrogens (tertiary/aromatic N) is 2. The Morgan fingerprint density at radius 2 is 1.90 bits per heavy atom. The van der Waals surface area contributed by atoms with E-state index in [9.17, 15) is 4.79 Å². The van der Waals surface area contributed by atoms with Crippen molar-refractivity contribution in [3.05, 3.63) is 83.4 Å². The fraction of sp³-hybridized carbons (Fsp3) is 0.0870. The van der Waals surface area contributed by atoms with Gasteiger partial charge in [-0.2, -0.15) is 4.98 Å². The van der Waals surface area contributed by atoms with E-state index in [0.29, 0.717) is 28.2 Å². The molecule has 0 saturated carbocycles. The van der Waals surface area contributed by atoms with Crippen LogP contribution in [0.3, 0.4) is 0 Å². The van der Waals surface area contributed by atoms with Crippen LogP contribution in [0.2, 0.25) is 5.02 Å². The number of anilines is 1. The summed E-state index contributed by atoms with van der Waals surface area (Å²) in [5.74, 6) is 1.14. The molecule has 30 heavy (non-hydrogen) atoms. The number of halogens is 1. The van der Waals surface area contributed by atoms with E-state index in [2.05, 4.69) is 15.5 Å². The third-order valence-electron chi connectivity index (χ3n) is 4.37. The summed E-state index contributed by atoms with van der Waals surface area (Å²) >= 11 is 5.92. The average Bonchev–Trinajstić information content (AvgIpc) is 3.23. The Morgan fingerprint density at radius 3 is 2.73 bits per heavy atom. The number of amides is 1. The molecule has 4 rings (SSSR count). The maximum Gasteiger partial charge on any atom is 0.262 e. The number of rotatable bonds is 6. The summed E-state index contributed by atoms with van der Waals surface area (Å²) in [6.45, 7) is 1.85. The minimum atomic E-state index is -0.288. The van der Waals surface area contributed by atoms with Crippen LogP contribution in [0.4, 0.5) is 5.69 Å². The van der Waals surface area contributed by atoms with Crippen molar-refractivity contribution in [1.29, 1.82) is 0 Å². The summed E-state index contributed by atoms with van der Waals surface area (Å²) in [6.07, 6.45) is 0. The maximum atomic E-state index is 12.1. The van der Waals surface area contributed by atoms with E-state index < -0.39 is 0 Å². The van der Waals surface area contributed by atoms with Gasteiger partial charge in [-0.15, -0.1) is 0 Å². The minimum absolute atomic E-state index is 0.142. The second-order valence-corrected chi connectivity index (χ2v) is 7.05. The van der Waals surface area contributed by atoms with E-state index in [1.165, 1.54) is 0 Å². The fourth-order valence-corrected chi connectivity index (χ4v) is 3.09. The standard InChI is InChI=1S/C23H18ClN3O3/c1-15-6-2-3-11-20(15)23-26-22(27-30-23)16-7-4-10-19(12-16)29-14-21(28)25-18-9-5-8-17(24)13-18/h2-13H,14H2,1H3,(H,25,28). The molecule has 0 bridgehead atoms. The van der Waals surface area contributed by atoms with Gasteiger partial charge in [-0.3, -0.25) is 4.79 Å². The van der Waals surface area contributed by atoms with Gasteiger partial charge in [0.1, 0.15) is 5.75 Å². The molecule has 1 N–H and O–H groups in total. The molecule has 0 radical (unpaired) electrons. The molecule has 0 aliphatic heterocycles. The highest BCUT2D eigenvalue weighted by Crippen LogP contribution is 2.26. The molecule has 0 aliphatic rings. The summed E-state index contributed by atoms with van der Waals surface area (Å²) in [5.41, 5.74) is 3.28. The van der Waals surface area contributed by atoms with Gasteiger partial charge >= 0.3 is 0 Å². The van der Waals surface area contributed by atoms with Crippen LogP contribution in [0.1, 0.15) is 5.56 Å². The summed E-state index contributed by atoms with van der Waals surface area (Å²) in [7, 11) is 0. The van der Waals surface area contributed by atoms with Crippen molar-refractivity contribution in [3.8, 4) is 28.6 Å². The van der Waals surface area contributed by atoms with Gasteiger partial charge in [0.2, 0.25) is 5.82 Å². The van der Waals surface area contributed by atoms with E-state index in [1.807, 2.05) is 43.3 Å². The van der Waals surface area contributed by atoms with Crippen LogP contribution in [0.25, 0.3) is 22.8 Å². The lowest BCUT2D eigenvalue weighted by atomic mass is 10.1. The first-order valence-corrected chi connectivity index (χ1v) is 9.65. The molecule has 0 saturated heterocycles. The lowest BCUT2D eigenvalue weighted by Crippen LogP contribution is -2.20. The van der Waals surface area contributed by atoms with Crippen molar-refractivity contribution < 1.29 is 14.1 Å². The average molecular weight is 420 g/mol. The molecule has 1 aromatic heterocycles. The van der Waals surface area contributed by atoms with E-state index in [-0.39, 0.29) is 12.5 Å². The Balaban J connectivity index is 1.43. The molecular weight excluding hydrogens is 402 g/mol. The molecule has 0 spiro atoms. The van der Waals surface area contributed by atoms with Crippen LogP contribution in [-0.4, -0.2) is 22.7 Å². The minimum Gasteiger partial charge on any atom is -0.484 e. The second-order valence-electron chi connectivity index (χ2n) is 6.61. The number of aromatic nitrogens is 2. The van der Waals surface area contributed by atoms with Gasteiger partial charge in [0.05, 0.1) is 0 Å². The third-order valence-corrected chi connectivity index (χ3v) is 4.61. The quantitative estimate of drug-likeness (QED) is 0.453. The smallest absolute Gasteiger partial charge is 0.262 e. The first kappa shape index (κ1) is 19.7. The molecule has 0 fully saturated rings. The molecule has 4 aromatic rings. The first-order chi connectivity index (χ1) is 14.6. The van der Waals surface area contributed by atoms with Crippen molar-refractivity contribution in [2.45, 2.75) is 6.92 Å². The van der Waals surface area contributed by atoms with Crippen LogP contribution in [0.5, 0.6) is 5.75 Å². The van der Waals surface area contributed by atoms with Crippen molar-refractivity contribution in [2.75, 3.05) is 11.9 Å². The molecule has 1 amide bonds. The number of ether oxygens (including phenoxy) is 1. The van der Waals surface area contributed by atoms with Crippen LogP contribution < -0.4 is 10.1 Å². The normalized spacial score (nSPS) is 10.6. The van der Waals surface area contributed by atoms with Gasteiger partial charge in [0.15, 0.2) is 6.61 Å². The van der Waals surface area contributed by atoms with Crippen LogP contribution in [0.15, 0.2) is 77.3 Å². The van der Waals surface area contributed by atoms with Gasteiger partial charge in [0.25, 0.3) is 11.8 Å². The predicted octanol–water partition coefficient (Wildman–Crippen LogP) is 5.38. The Labute approximate surface area is 178 Å². The Hall–Kier alpha value is -3.64. The monoisotopic (exact) mass is 419 g/mol. The highest BCUT2D eigenvalue weighted by molar-refractivity contribution is 6.30. The van der Waals surface area contributed by atoms with Crippen LogP contribution in [-0.2, 0) is 4.79 Å². The number of carbonyl (C=O) groups excluding carboxylic acids is 1. The molecule has 150 valence electrons. The zero-order chi connectivity index (χ0) is 20.9. The topological polar surface area (TPSA) is 77.2 Å². The van der Waals surface area contributed by atoms with Crippen LogP contribution in [0, 0.1) is 6.92 Å². The lowest BCUT2D eigenvalue weighted by Gasteiger charge is -2.08. The Kier molecular flexibility index (Phi) is 5.77. The number of benzene rings is 3. The number of nitrogens with one attached hydrogen (secondary N) is 1. The number of carbonyl (C=O) groups is 1. The summed E-state index contributed by atoms with van der Waals surface area (Å²) in [6, 6.07) is 21.9. The number of hydrogen-bond donors (Lipinski definition) is 1. The van der Waals surface area contributed by atoms with E-state index >= 15 is 0 Å². The molecular formula is C23H18ClN3O3. The van der Waals surface area contributed by atoms with Crippen molar-refractivity contribution in [2.24, 2.45) is 0 Å². The summed E-state index contributed by atoms with van der Waals surface area (Å²) in [5, 5.41) is 7.36. The zero-order valence-corrected chi connectivity index (χ0v) is 16.9. The van der Waals surface area contributed by atoms with Crippen molar-refractivity contribution in [1.82, 2.24) is 10.1 Å². The van der Waals surface area contributed by atoms with E-state index in [0.717, 1.165) is 16.7 Å². The van der Waals surface area contributed by atoms with Crippen LogP contribution >= 0.6 is 11.6 Å². The Bertz CT molecular complexity index is 1190. The Morgan fingerprint density at radius 1 is 1.07 bits per heavy atom. The number of aryl methyl sites for hydroxylation is 1. The predicted molar refractivity (Wildman–Crippen MR) is 115 cm³/mol. The van der Waals surface area contributed by atoms with Gasteiger partial charge in [-0.25, -0.2) is 0 Å². The van der Waals surface area contributed by atoms with Gasteiger partial charge in [-0.05, 0) is 48.9 Å². The van der Waals surface area contributed by atoms with Crippen molar-refractivity contribution in [3.63, 3.8) is 0 Å². The fourth-order valence-electron chi connectivity index (χ4n) is 2.90. The molecule has 7 heteroatoms. The molecule has 0 unspecified atom stereocenters. The third kappa shape index (κ3) is 4.67. The van der Waals surface area contributed by atoms with E-state index in [1.54, 1.807) is 36.4 Å². The first-order valence-electron chi connectivity index (χ1n) is 9.27. The largest absolute Gasteiger partial charge is 0.484 e. The molecule has 0 atom stereocenters. The highest BCUT2D eigenvalue weighted by Gasteiger charge is 2.13. The zero-order valence-electron chi connectivity index (χ0n) is 16.1. The van der Waals surface area contributed by atoms with Crippen molar-refractivity contribution >= 4 is 23.2 Å². The lowest BCUT2D eigenvalue weighted by molar-refractivity contribution is -0.118. The molecule has 6 nitrogen and oxygen atoms in total. The van der Waals surface area contributed by atoms with Gasteiger partial charge < -0.3 is 14.6 Å². The van der Waals surface area contributed by atoms with E-state index in [4.69, 9.17) is 20.9 Å². The second kappa shape index (κ2) is 8.80. The molecule has 1 heterocycles. The maximum absolute atomic E-state index is 12.1. The molecule has 3 aromatic carbocycles. The summed E-state index contributed by atoms with van der Waals surface area (Å²) in [4.78, 5) is 16.6. The number of hydrogen-bond acceptors (Lipinski definition) is 5. The van der Waals surface area contributed by atoms with Gasteiger partial charge in [0, 0.05) is 21.8 Å². The highest BCUT2D eigenvalue weighted by atomic mass is 35.5. The van der Waals surface area contributed by atoms with Gasteiger partial charge in [-0.1, -0.05) is 53.2 Å². The SMILES string of the molecule is Cc1ccccc1-c1nc(-c2cccc(OCC(=O)Nc3cccc(Cl)c3)c2)no1. The summed E-state index contributed by atoms with van der Waals surface area (Å²) < 4.78 is 11.0.